The van der Waals surface area contributed by atoms with Gasteiger partial charge in [-0.1, -0.05) is 0 Å². The Kier molecular flexibility index (Phi) is 5.11. The highest BCUT2D eigenvalue weighted by Gasteiger charge is 2.37. The SMILES string of the molecule is Cc1cc([N+](=O)[O-])ccc1-c1ccc(/C=C2/C(=O)NC(=O)N(c3ccc(F)cc3)C2=O)o1. The number of hydrogen-bond donors (Lipinski definition) is 1. The minimum Gasteiger partial charge on any atom is -0.457 e. The minimum atomic E-state index is -0.953. The van der Waals surface area contributed by atoms with E-state index < -0.39 is 28.6 Å². The molecule has 160 valence electrons. The van der Waals surface area contributed by atoms with Gasteiger partial charge in [0.1, 0.15) is 22.9 Å². The van der Waals surface area contributed by atoms with Gasteiger partial charge in [0, 0.05) is 17.7 Å². The molecular formula is C22H14FN3O6. The molecule has 1 aliphatic rings. The number of urea groups is 1. The number of amides is 4. The molecule has 0 unspecified atom stereocenters. The molecule has 0 aliphatic carbocycles. The average Bonchev–Trinajstić information content (AvgIpc) is 3.20. The lowest BCUT2D eigenvalue weighted by molar-refractivity contribution is -0.384. The molecule has 0 atom stereocenters. The highest BCUT2D eigenvalue weighted by Crippen LogP contribution is 2.30. The zero-order chi connectivity index (χ0) is 23.0. The molecule has 1 saturated heterocycles. The number of furan rings is 1. The number of carbonyl (C=O) groups is 3. The molecule has 1 aromatic heterocycles. The second-order valence-electron chi connectivity index (χ2n) is 6.89. The third-order valence-electron chi connectivity index (χ3n) is 4.79. The van der Waals surface area contributed by atoms with Crippen molar-refractivity contribution in [3.63, 3.8) is 0 Å². The molecule has 9 nitrogen and oxygen atoms in total. The van der Waals surface area contributed by atoms with Crippen LogP contribution in [-0.2, 0) is 9.59 Å². The summed E-state index contributed by atoms with van der Waals surface area (Å²) < 4.78 is 18.9. The maximum atomic E-state index is 13.2. The average molecular weight is 435 g/mol. The van der Waals surface area contributed by atoms with Gasteiger partial charge in [-0.15, -0.1) is 0 Å². The van der Waals surface area contributed by atoms with Crippen LogP contribution < -0.4 is 10.2 Å². The molecule has 32 heavy (non-hydrogen) atoms. The first kappa shape index (κ1) is 20.7. The summed E-state index contributed by atoms with van der Waals surface area (Å²) in [6, 6.07) is 11.1. The highest BCUT2D eigenvalue weighted by atomic mass is 19.1. The van der Waals surface area contributed by atoms with Crippen molar-refractivity contribution in [3.8, 4) is 11.3 Å². The van der Waals surface area contributed by atoms with Crippen molar-refractivity contribution in [1.82, 2.24) is 5.32 Å². The third kappa shape index (κ3) is 3.76. The topological polar surface area (TPSA) is 123 Å². The molecule has 4 rings (SSSR count). The summed E-state index contributed by atoms with van der Waals surface area (Å²) in [5.41, 5.74) is 0.884. The van der Waals surface area contributed by atoms with Crippen LogP contribution >= 0.6 is 0 Å². The van der Waals surface area contributed by atoms with E-state index in [1.807, 2.05) is 0 Å². The number of nitrogens with zero attached hydrogens (tertiary/aromatic N) is 2. The first-order chi connectivity index (χ1) is 15.2. The molecule has 0 bridgehead atoms. The normalized spacial score (nSPS) is 15.2. The molecule has 1 fully saturated rings. The summed E-state index contributed by atoms with van der Waals surface area (Å²) in [6.45, 7) is 1.69. The van der Waals surface area contributed by atoms with E-state index in [1.54, 1.807) is 13.0 Å². The van der Waals surface area contributed by atoms with Crippen molar-refractivity contribution in [2.75, 3.05) is 4.90 Å². The predicted octanol–water partition coefficient (Wildman–Crippen LogP) is 3.97. The van der Waals surface area contributed by atoms with Gasteiger partial charge < -0.3 is 4.42 Å². The van der Waals surface area contributed by atoms with Gasteiger partial charge >= 0.3 is 6.03 Å². The largest absolute Gasteiger partial charge is 0.457 e. The van der Waals surface area contributed by atoms with E-state index in [4.69, 9.17) is 4.42 Å². The van der Waals surface area contributed by atoms with Gasteiger partial charge in [0.25, 0.3) is 17.5 Å². The second kappa shape index (κ2) is 7.91. The number of barbiturate groups is 1. The third-order valence-corrected chi connectivity index (χ3v) is 4.79. The van der Waals surface area contributed by atoms with E-state index in [-0.39, 0.29) is 22.7 Å². The zero-order valence-corrected chi connectivity index (χ0v) is 16.5. The summed E-state index contributed by atoms with van der Waals surface area (Å²) in [5, 5.41) is 13.0. The predicted molar refractivity (Wildman–Crippen MR) is 111 cm³/mol. The molecular weight excluding hydrogens is 421 g/mol. The molecule has 1 aliphatic heterocycles. The first-order valence-electron chi connectivity index (χ1n) is 9.27. The zero-order valence-electron chi connectivity index (χ0n) is 16.5. The molecule has 2 aromatic carbocycles. The number of halogens is 1. The molecule has 2 heterocycles. The Morgan fingerprint density at radius 1 is 1.06 bits per heavy atom. The number of aryl methyl sites for hydroxylation is 1. The van der Waals surface area contributed by atoms with Crippen LogP contribution in [0.25, 0.3) is 17.4 Å². The quantitative estimate of drug-likeness (QED) is 0.286. The molecule has 0 spiro atoms. The maximum absolute atomic E-state index is 13.2. The van der Waals surface area contributed by atoms with Gasteiger partial charge in [0.15, 0.2) is 0 Å². The van der Waals surface area contributed by atoms with Gasteiger partial charge in [-0.05, 0) is 61.0 Å². The van der Waals surface area contributed by atoms with Gasteiger partial charge in [0.2, 0.25) is 0 Å². The Morgan fingerprint density at radius 3 is 2.44 bits per heavy atom. The Bertz CT molecular complexity index is 1310. The van der Waals surface area contributed by atoms with E-state index in [2.05, 4.69) is 5.32 Å². The summed E-state index contributed by atoms with van der Waals surface area (Å²) in [6.07, 6.45) is 1.19. The van der Waals surface area contributed by atoms with Crippen molar-refractivity contribution in [2.45, 2.75) is 6.92 Å². The lowest BCUT2D eigenvalue weighted by atomic mass is 10.1. The monoisotopic (exact) mass is 435 g/mol. The summed E-state index contributed by atoms with van der Waals surface area (Å²) in [5.74, 6) is -1.81. The Labute approximate surface area is 179 Å². The van der Waals surface area contributed by atoms with E-state index in [0.717, 1.165) is 17.0 Å². The molecule has 3 aromatic rings. The number of nitro groups is 1. The number of hydrogen-bond acceptors (Lipinski definition) is 6. The molecule has 1 N–H and O–H groups in total. The van der Waals surface area contributed by atoms with E-state index in [9.17, 15) is 28.9 Å². The van der Waals surface area contributed by atoms with Gasteiger partial charge in [0.05, 0.1) is 10.6 Å². The van der Waals surface area contributed by atoms with Crippen LogP contribution in [0.4, 0.5) is 20.6 Å². The summed E-state index contributed by atoms with van der Waals surface area (Å²) >= 11 is 0. The fourth-order valence-electron chi connectivity index (χ4n) is 3.24. The van der Waals surface area contributed by atoms with E-state index >= 15 is 0 Å². The first-order valence-corrected chi connectivity index (χ1v) is 9.27. The number of rotatable bonds is 4. The lowest BCUT2D eigenvalue weighted by Gasteiger charge is -2.26. The lowest BCUT2D eigenvalue weighted by Crippen LogP contribution is -2.54. The van der Waals surface area contributed by atoms with Gasteiger partial charge in [-0.3, -0.25) is 25.0 Å². The molecule has 0 radical (unpaired) electrons. The van der Waals surface area contributed by atoms with Crippen molar-refractivity contribution in [3.05, 3.63) is 87.4 Å². The fraction of sp³-hybridized carbons (Fsp3) is 0.0455. The van der Waals surface area contributed by atoms with Crippen LogP contribution in [0.2, 0.25) is 0 Å². The van der Waals surface area contributed by atoms with E-state index in [0.29, 0.717) is 16.9 Å². The maximum Gasteiger partial charge on any atom is 0.335 e. The number of non-ortho nitro benzene ring substituents is 1. The number of imide groups is 2. The number of benzene rings is 2. The van der Waals surface area contributed by atoms with Gasteiger partial charge in [-0.25, -0.2) is 14.1 Å². The number of nitro benzene ring substituents is 1. The van der Waals surface area contributed by atoms with Crippen molar-refractivity contribution in [1.29, 1.82) is 0 Å². The van der Waals surface area contributed by atoms with Crippen molar-refractivity contribution < 1.29 is 28.1 Å². The van der Waals surface area contributed by atoms with Crippen LogP contribution in [0.15, 0.2) is 64.6 Å². The van der Waals surface area contributed by atoms with Crippen LogP contribution in [0.3, 0.4) is 0 Å². The minimum absolute atomic E-state index is 0.0600. The van der Waals surface area contributed by atoms with E-state index in [1.165, 1.54) is 42.5 Å². The Hall–Kier alpha value is -4.60. The van der Waals surface area contributed by atoms with Crippen LogP contribution in [0.5, 0.6) is 0 Å². The molecule has 0 saturated carbocycles. The second-order valence-corrected chi connectivity index (χ2v) is 6.89. The fourth-order valence-corrected chi connectivity index (χ4v) is 3.24. The summed E-state index contributed by atoms with van der Waals surface area (Å²) in [4.78, 5) is 48.4. The standard InChI is InChI=1S/C22H14FN3O6/c1-12-10-15(26(30)31)6-8-17(12)19-9-7-16(32-19)11-18-20(27)24-22(29)25(21(18)28)14-4-2-13(23)3-5-14/h2-11H,1H3,(H,24,27,29)/b18-11-. The molecule has 4 amide bonds. The van der Waals surface area contributed by atoms with Crippen LogP contribution in [0, 0.1) is 22.9 Å². The smallest absolute Gasteiger partial charge is 0.335 e. The van der Waals surface area contributed by atoms with Crippen LogP contribution in [-0.4, -0.2) is 22.8 Å². The summed E-state index contributed by atoms with van der Waals surface area (Å²) in [7, 11) is 0. The number of anilines is 1. The van der Waals surface area contributed by atoms with Crippen molar-refractivity contribution in [2.24, 2.45) is 0 Å². The van der Waals surface area contributed by atoms with Crippen molar-refractivity contribution >= 4 is 35.3 Å². The van der Waals surface area contributed by atoms with Gasteiger partial charge in [-0.2, -0.15) is 0 Å². The highest BCUT2D eigenvalue weighted by molar-refractivity contribution is 6.39. The molecule has 10 heteroatoms. The Balaban J connectivity index is 1.66. The Morgan fingerprint density at radius 2 is 1.78 bits per heavy atom. The number of carbonyl (C=O) groups excluding carboxylic acids is 3. The number of nitrogens with one attached hydrogen (secondary N) is 1. The van der Waals surface area contributed by atoms with Crippen LogP contribution in [0.1, 0.15) is 11.3 Å².